The van der Waals surface area contributed by atoms with Crippen LogP contribution in [0.4, 0.5) is 4.79 Å². The zero-order valence-electron chi connectivity index (χ0n) is 22.6. The van der Waals surface area contributed by atoms with E-state index in [0.29, 0.717) is 25.7 Å². The van der Waals surface area contributed by atoms with Crippen LogP contribution in [0.15, 0.2) is 18.3 Å². The van der Waals surface area contributed by atoms with Gasteiger partial charge in [0.15, 0.2) is 0 Å². The van der Waals surface area contributed by atoms with Gasteiger partial charge in [-0.2, -0.15) is 0 Å². The van der Waals surface area contributed by atoms with E-state index in [1.54, 1.807) is 0 Å². The summed E-state index contributed by atoms with van der Waals surface area (Å²) in [5.74, 6) is 0.0452. The van der Waals surface area contributed by atoms with Crippen molar-refractivity contribution in [2.24, 2.45) is 5.92 Å². The standard InChI is InChI=1S/C28H43N5O2/c1-8-29-27(35)33(13-9-12-31(5)6)26(34)19-14-21-20-10-11-22(28(2,3)4)25-24(20)18(16-30-25)15-23(21)32(7)17-19/h10-11,16,19,21,23,30H,8-9,12-15,17H2,1-7H3,(H,29,35)/t19-,21-,23-/m1/s1. The molecule has 2 heterocycles. The van der Waals surface area contributed by atoms with Gasteiger partial charge < -0.3 is 20.1 Å². The number of likely N-dealkylation sites (tertiary alicyclic amines) is 1. The van der Waals surface area contributed by atoms with Crippen LogP contribution in [0.5, 0.6) is 0 Å². The van der Waals surface area contributed by atoms with Crippen molar-refractivity contribution in [3.05, 3.63) is 35.0 Å². The molecule has 2 N–H and O–H groups in total. The minimum Gasteiger partial charge on any atom is -0.361 e. The summed E-state index contributed by atoms with van der Waals surface area (Å²) < 4.78 is 0. The van der Waals surface area contributed by atoms with E-state index in [4.69, 9.17) is 0 Å². The number of hydrogen-bond acceptors (Lipinski definition) is 4. The Kier molecular flexibility index (Phi) is 7.30. The molecule has 0 bridgehead atoms. The average Bonchev–Trinajstić information content (AvgIpc) is 3.20. The highest BCUT2D eigenvalue weighted by atomic mass is 16.2. The highest BCUT2D eigenvalue weighted by molar-refractivity contribution is 5.96. The summed E-state index contributed by atoms with van der Waals surface area (Å²) in [4.78, 5) is 36.1. The number of piperidine rings is 1. The molecule has 1 aliphatic heterocycles. The summed E-state index contributed by atoms with van der Waals surface area (Å²) in [6.45, 7) is 11.1. The molecule has 1 aromatic carbocycles. The summed E-state index contributed by atoms with van der Waals surface area (Å²) in [5, 5.41) is 4.21. The lowest BCUT2D eigenvalue weighted by Gasteiger charge is -2.46. The Bertz CT molecular complexity index is 1080. The Balaban J connectivity index is 1.63. The average molecular weight is 482 g/mol. The Hall–Kier alpha value is -2.38. The van der Waals surface area contributed by atoms with Crippen molar-refractivity contribution in [1.82, 2.24) is 25.0 Å². The number of rotatable bonds is 6. The molecule has 4 rings (SSSR count). The summed E-state index contributed by atoms with van der Waals surface area (Å²) in [5.41, 5.74) is 5.36. The first-order chi connectivity index (χ1) is 16.5. The van der Waals surface area contributed by atoms with Gasteiger partial charge in [-0.1, -0.05) is 32.9 Å². The van der Waals surface area contributed by atoms with E-state index in [0.717, 1.165) is 25.8 Å². The minimum atomic E-state index is -0.269. The fourth-order valence-electron chi connectivity index (χ4n) is 6.13. The number of benzene rings is 1. The first-order valence-electron chi connectivity index (χ1n) is 13.1. The fraction of sp³-hybridized carbons (Fsp3) is 0.643. The van der Waals surface area contributed by atoms with Crippen molar-refractivity contribution in [2.75, 3.05) is 47.3 Å². The van der Waals surface area contributed by atoms with Gasteiger partial charge in [-0.05, 0) is 76.0 Å². The van der Waals surface area contributed by atoms with Crippen molar-refractivity contribution in [3.8, 4) is 0 Å². The highest BCUT2D eigenvalue weighted by Crippen LogP contribution is 2.46. The molecule has 1 fully saturated rings. The third-order valence-corrected chi connectivity index (χ3v) is 7.84. The van der Waals surface area contributed by atoms with Crippen LogP contribution in [0.25, 0.3) is 10.9 Å². The van der Waals surface area contributed by atoms with Crippen LogP contribution in [0.2, 0.25) is 0 Å². The molecule has 0 saturated carbocycles. The molecule has 0 spiro atoms. The van der Waals surface area contributed by atoms with Gasteiger partial charge in [0.05, 0.1) is 5.92 Å². The second-order valence-corrected chi connectivity index (χ2v) is 11.7. The van der Waals surface area contributed by atoms with E-state index >= 15 is 0 Å². The third-order valence-electron chi connectivity index (χ3n) is 7.84. The van der Waals surface area contributed by atoms with Crippen LogP contribution in [0.1, 0.15) is 63.1 Å². The predicted octanol–water partition coefficient (Wildman–Crippen LogP) is 3.94. The van der Waals surface area contributed by atoms with Gasteiger partial charge in [0, 0.05) is 48.7 Å². The maximum absolute atomic E-state index is 13.8. The predicted molar refractivity (Wildman–Crippen MR) is 142 cm³/mol. The Morgan fingerprint density at radius 3 is 2.60 bits per heavy atom. The van der Waals surface area contributed by atoms with Gasteiger partial charge in [-0.3, -0.25) is 9.69 Å². The SMILES string of the molecule is CCNC(=O)N(CCCN(C)C)C(=O)[C@@H]1C[C@@H]2c3ccc(C(C)(C)C)c4[nH]cc(c34)C[C@H]2N(C)C1. The number of aromatic nitrogens is 1. The number of aromatic amines is 1. The summed E-state index contributed by atoms with van der Waals surface area (Å²) in [6.07, 6.45) is 4.73. The Labute approximate surface area is 210 Å². The number of imide groups is 1. The molecule has 192 valence electrons. The van der Waals surface area contributed by atoms with Gasteiger partial charge >= 0.3 is 6.03 Å². The topological polar surface area (TPSA) is 71.7 Å². The third kappa shape index (κ3) is 4.98. The van der Waals surface area contributed by atoms with E-state index in [1.165, 1.54) is 32.5 Å². The van der Waals surface area contributed by atoms with E-state index in [2.05, 4.69) is 66.2 Å². The number of carbonyl (C=O) groups excluding carboxylic acids is 2. The molecule has 3 amide bonds. The van der Waals surface area contributed by atoms with Crippen LogP contribution in [-0.2, 0) is 16.6 Å². The molecular weight excluding hydrogens is 438 g/mol. The van der Waals surface area contributed by atoms with Crippen molar-refractivity contribution in [1.29, 1.82) is 0 Å². The van der Waals surface area contributed by atoms with Crippen LogP contribution >= 0.6 is 0 Å². The summed E-state index contributed by atoms with van der Waals surface area (Å²) in [6, 6.07) is 4.68. The largest absolute Gasteiger partial charge is 0.361 e. The van der Waals surface area contributed by atoms with E-state index in [-0.39, 0.29) is 29.2 Å². The first-order valence-corrected chi connectivity index (χ1v) is 13.1. The smallest absolute Gasteiger partial charge is 0.324 e. The summed E-state index contributed by atoms with van der Waals surface area (Å²) >= 11 is 0. The van der Waals surface area contributed by atoms with Crippen LogP contribution in [0.3, 0.4) is 0 Å². The molecule has 2 aromatic rings. The second-order valence-electron chi connectivity index (χ2n) is 11.7. The lowest BCUT2D eigenvalue weighted by molar-refractivity contribution is -0.135. The molecule has 1 aromatic heterocycles. The number of carbonyl (C=O) groups is 2. The summed E-state index contributed by atoms with van der Waals surface area (Å²) in [7, 11) is 6.16. The van der Waals surface area contributed by atoms with E-state index < -0.39 is 0 Å². The Morgan fingerprint density at radius 2 is 1.94 bits per heavy atom. The molecule has 2 aliphatic rings. The lowest BCUT2D eigenvalue weighted by Crippen LogP contribution is -2.54. The number of fused-ring (bicyclic) bond motifs is 2. The molecular formula is C28H43N5O2. The maximum atomic E-state index is 13.8. The van der Waals surface area contributed by atoms with Crippen LogP contribution in [-0.4, -0.2) is 85.0 Å². The zero-order chi connectivity index (χ0) is 25.5. The van der Waals surface area contributed by atoms with Gasteiger partial charge in [0.2, 0.25) is 5.91 Å². The van der Waals surface area contributed by atoms with Crippen molar-refractivity contribution in [2.45, 2.75) is 64.3 Å². The highest BCUT2D eigenvalue weighted by Gasteiger charge is 2.43. The molecule has 0 radical (unpaired) electrons. The molecule has 35 heavy (non-hydrogen) atoms. The first kappa shape index (κ1) is 25.7. The molecule has 0 unspecified atom stereocenters. The number of urea groups is 1. The van der Waals surface area contributed by atoms with Crippen molar-refractivity contribution in [3.63, 3.8) is 0 Å². The van der Waals surface area contributed by atoms with E-state index in [1.807, 2.05) is 21.0 Å². The lowest BCUT2D eigenvalue weighted by atomic mass is 9.71. The quantitative estimate of drug-likeness (QED) is 0.656. The minimum absolute atomic E-state index is 0.0394. The van der Waals surface area contributed by atoms with Crippen LogP contribution < -0.4 is 5.32 Å². The normalized spacial score (nSPS) is 22.3. The molecule has 3 atom stereocenters. The van der Waals surface area contributed by atoms with Gasteiger partial charge in [0.1, 0.15) is 0 Å². The second kappa shape index (κ2) is 9.94. The molecule has 1 aliphatic carbocycles. The van der Waals surface area contributed by atoms with Gasteiger partial charge in [0.25, 0.3) is 0 Å². The molecule has 7 nitrogen and oxygen atoms in total. The van der Waals surface area contributed by atoms with Crippen molar-refractivity contribution >= 4 is 22.8 Å². The zero-order valence-corrected chi connectivity index (χ0v) is 22.6. The number of likely N-dealkylation sites (N-methyl/N-ethyl adjacent to an activating group) is 1. The molecule has 7 heteroatoms. The Morgan fingerprint density at radius 1 is 1.20 bits per heavy atom. The van der Waals surface area contributed by atoms with Gasteiger partial charge in [-0.25, -0.2) is 4.79 Å². The fourth-order valence-corrected chi connectivity index (χ4v) is 6.13. The molecule has 1 saturated heterocycles. The van der Waals surface area contributed by atoms with Crippen LogP contribution in [0, 0.1) is 5.92 Å². The monoisotopic (exact) mass is 481 g/mol. The van der Waals surface area contributed by atoms with E-state index in [9.17, 15) is 9.59 Å². The number of hydrogen-bond donors (Lipinski definition) is 2. The van der Waals surface area contributed by atoms with Gasteiger partial charge in [-0.15, -0.1) is 0 Å². The number of nitrogens with one attached hydrogen (secondary N) is 2. The maximum Gasteiger partial charge on any atom is 0.324 e. The number of H-pyrrole nitrogens is 1. The number of amides is 3. The van der Waals surface area contributed by atoms with Crippen molar-refractivity contribution < 1.29 is 9.59 Å². The number of nitrogens with zero attached hydrogens (tertiary/aromatic N) is 3.